The maximum absolute atomic E-state index is 12.3. The van der Waals surface area contributed by atoms with Gasteiger partial charge in [-0.2, -0.15) is 0 Å². The molecule has 0 N–H and O–H groups in total. The molecule has 3 nitrogen and oxygen atoms in total. The number of carbonyl (C=O) groups is 1. The van der Waals surface area contributed by atoms with Crippen molar-refractivity contribution in [3.05, 3.63) is 23.3 Å². The number of Topliss-reactive ketones (excluding diaryl/α,β-unsaturated/α-hetero) is 1. The van der Waals surface area contributed by atoms with Crippen molar-refractivity contribution in [2.24, 2.45) is 5.92 Å². The van der Waals surface area contributed by atoms with Crippen LogP contribution in [0.25, 0.3) is 0 Å². The number of unbranched alkanes of at least 4 members (excludes halogenated alkanes) is 1. The summed E-state index contributed by atoms with van der Waals surface area (Å²) in [6, 6.07) is 3.73. The van der Waals surface area contributed by atoms with Gasteiger partial charge in [0.15, 0.2) is 17.3 Å². The average Bonchev–Trinajstić information content (AvgIpc) is 2.74. The topological polar surface area (TPSA) is 35.5 Å². The minimum atomic E-state index is 0.0926. The van der Waals surface area contributed by atoms with Gasteiger partial charge in [-0.25, -0.2) is 0 Å². The van der Waals surface area contributed by atoms with Crippen molar-refractivity contribution >= 4 is 17.4 Å². The van der Waals surface area contributed by atoms with Crippen LogP contribution >= 0.6 is 11.6 Å². The molecule has 1 unspecified atom stereocenters. The Morgan fingerprint density at radius 3 is 2.53 bits per heavy atom. The van der Waals surface area contributed by atoms with Gasteiger partial charge >= 0.3 is 0 Å². The van der Waals surface area contributed by atoms with Crippen molar-refractivity contribution in [2.45, 2.75) is 25.7 Å². The number of hydrogen-bond acceptors (Lipinski definition) is 3. The Hall–Kier alpha value is -1.22. The second-order valence-electron chi connectivity index (χ2n) is 4.81. The van der Waals surface area contributed by atoms with E-state index in [1.165, 1.54) is 0 Å². The molecule has 104 valence electrons. The quantitative estimate of drug-likeness (QED) is 0.592. The van der Waals surface area contributed by atoms with Gasteiger partial charge in [0.1, 0.15) is 0 Å². The van der Waals surface area contributed by atoms with Crippen LogP contribution in [0.5, 0.6) is 11.5 Å². The van der Waals surface area contributed by atoms with Gasteiger partial charge in [0.05, 0.1) is 14.2 Å². The molecule has 0 radical (unpaired) electrons. The van der Waals surface area contributed by atoms with Gasteiger partial charge < -0.3 is 9.47 Å². The van der Waals surface area contributed by atoms with Crippen LogP contribution in [0.3, 0.4) is 0 Å². The zero-order valence-corrected chi connectivity index (χ0v) is 12.1. The third-order valence-corrected chi connectivity index (χ3v) is 3.92. The molecular weight excluding hydrogens is 264 g/mol. The summed E-state index contributed by atoms with van der Waals surface area (Å²) < 4.78 is 10.5. The molecule has 0 spiro atoms. The van der Waals surface area contributed by atoms with E-state index in [-0.39, 0.29) is 11.7 Å². The standard InChI is InChI=1S/C15H19ClO3/c1-18-13-8-11-7-10(5-3-4-6-16)15(17)12(11)9-14(13)19-2/h8-10H,3-7H2,1-2H3. The number of methoxy groups -OCH3 is 2. The molecular formula is C15H19ClO3. The molecule has 2 rings (SSSR count). The number of rotatable bonds is 6. The number of halogens is 1. The fourth-order valence-corrected chi connectivity index (χ4v) is 2.80. The Morgan fingerprint density at radius 1 is 1.21 bits per heavy atom. The Labute approximate surface area is 118 Å². The molecule has 0 aromatic heterocycles. The molecule has 0 heterocycles. The SMILES string of the molecule is COc1cc2c(cc1OC)C(=O)C(CCCCCl)C2. The summed E-state index contributed by atoms with van der Waals surface area (Å²) >= 11 is 5.67. The predicted octanol–water partition coefficient (Wildman–Crippen LogP) is 3.47. The number of hydrogen-bond donors (Lipinski definition) is 0. The second-order valence-corrected chi connectivity index (χ2v) is 5.19. The lowest BCUT2D eigenvalue weighted by molar-refractivity contribution is 0.0929. The highest BCUT2D eigenvalue weighted by Crippen LogP contribution is 2.37. The van der Waals surface area contributed by atoms with Crippen molar-refractivity contribution in [2.75, 3.05) is 20.1 Å². The Morgan fingerprint density at radius 2 is 1.89 bits per heavy atom. The molecule has 0 fully saturated rings. The zero-order valence-electron chi connectivity index (χ0n) is 11.4. The molecule has 1 aliphatic rings. The summed E-state index contributed by atoms with van der Waals surface area (Å²) in [5.41, 5.74) is 1.85. The minimum Gasteiger partial charge on any atom is -0.493 e. The van der Waals surface area contributed by atoms with Crippen LogP contribution in [0.4, 0.5) is 0 Å². The molecule has 1 aromatic carbocycles. The first-order valence-electron chi connectivity index (χ1n) is 6.56. The summed E-state index contributed by atoms with van der Waals surface area (Å²) in [5.74, 6) is 2.29. The van der Waals surface area contributed by atoms with Gasteiger partial charge in [-0.05, 0) is 37.0 Å². The summed E-state index contributed by atoms with van der Waals surface area (Å²) in [5, 5.41) is 0. The van der Waals surface area contributed by atoms with E-state index in [9.17, 15) is 4.79 Å². The molecule has 19 heavy (non-hydrogen) atoms. The molecule has 1 atom stereocenters. The normalized spacial score (nSPS) is 17.4. The number of ether oxygens (including phenoxy) is 2. The fourth-order valence-electron chi connectivity index (χ4n) is 2.62. The summed E-state index contributed by atoms with van der Waals surface area (Å²) in [6.07, 6.45) is 3.68. The Balaban J connectivity index is 2.18. The average molecular weight is 283 g/mol. The highest BCUT2D eigenvalue weighted by molar-refractivity contribution is 6.17. The van der Waals surface area contributed by atoms with Crippen molar-refractivity contribution < 1.29 is 14.3 Å². The van der Waals surface area contributed by atoms with Gasteiger partial charge in [0, 0.05) is 17.4 Å². The third kappa shape index (κ3) is 2.86. The van der Waals surface area contributed by atoms with Crippen LogP contribution in [0.1, 0.15) is 35.2 Å². The first-order chi connectivity index (χ1) is 9.21. The summed E-state index contributed by atoms with van der Waals surface area (Å²) in [6.45, 7) is 0. The number of benzene rings is 1. The number of ketones is 1. The number of alkyl halides is 1. The van der Waals surface area contributed by atoms with E-state index in [2.05, 4.69) is 0 Å². The Kier molecular flexibility index (Phi) is 4.70. The molecule has 1 aliphatic carbocycles. The first-order valence-corrected chi connectivity index (χ1v) is 7.09. The molecule has 0 saturated carbocycles. The van der Waals surface area contributed by atoms with Crippen LogP contribution in [-0.2, 0) is 6.42 Å². The van der Waals surface area contributed by atoms with Crippen molar-refractivity contribution in [3.8, 4) is 11.5 Å². The smallest absolute Gasteiger partial charge is 0.166 e. The van der Waals surface area contributed by atoms with E-state index in [0.717, 1.165) is 36.8 Å². The highest BCUT2D eigenvalue weighted by Gasteiger charge is 2.31. The molecule has 0 amide bonds. The lowest BCUT2D eigenvalue weighted by atomic mass is 9.98. The monoisotopic (exact) mass is 282 g/mol. The van der Waals surface area contributed by atoms with Crippen LogP contribution in [-0.4, -0.2) is 25.9 Å². The first kappa shape index (κ1) is 14.2. The van der Waals surface area contributed by atoms with Crippen LogP contribution in [0.2, 0.25) is 0 Å². The van der Waals surface area contributed by atoms with Gasteiger partial charge in [-0.15, -0.1) is 11.6 Å². The van der Waals surface area contributed by atoms with E-state index in [1.54, 1.807) is 20.3 Å². The lowest BCUT2D eigenvalue weighted by Crippen LogP contribution is -2.08. The van der Waals surface area contributed by atoms with Gasteiger partial charge in [0.25, 0.3) is 0 Å². The largest absolute Gasteiger partial charge is 0.493 e. The van der Waals surface area contributed by atoms with E-state index < -0.39 is 0 Å². The van der Waals surface area contributed by atoms with E-state index in [1.807, 2.05) is 6.07 Å². The summed E-state index contributed by atoms with van der Waals surface area (Å²) in [4.78, 5) is 12.3. The minimum absolute atomic E-state index is 0.0926. The van der Waals surface area contributed by atoms with Gasteiger partial charge in [0.2, 0.25) is 0 Å². The Bertz CT molecular complexity index is 471. The number of carbonyl (C=O) groups excluding carboxylic acids is 1. The molecule has 0 aliphatic heterocycles. The van der Waals surface area contributed by atoms with Crippen LogP contribution in [0, 0.1) is 5.92 Å². The molecule has 0 bridgehead atoms. The maximum atomic E-state index is 12.3. The van der Waals surface area contributed by atoms with Crippen LogP contribution < -0.4 is 9.47 Å². The van der Waals surface area contributed by atoms with E-state index in [0.29, 0.717) is 17.4 Å². The second kappa shape index (κ2) is 6.29. The van der Waals surface area contributed by atoms with E-state index in [4.69, 9.17) is 21.1 Å². The van der Waals surface area contributed by atoms with Crippen LogP contribution in [0.15, 0.2) is 12.1 Å². The third-order valence-electron chi connectivity index (χ3n) is 3.65. The fraction of sp³-hybridized carbons (Fsp3) is 0.533. The molecule has 1 aromatic rings. The maximum Gasteiger partial charge on any atom is 0.166 e. The predicted molar refractivity (Wildman–Crippen MR) is 75.6 cm³/mol. The highest BCUT2D eigenvalue weighted by atomic mass is 35.5. The van der Waals surface area contributed by atoms with Gasteiger partial charge in [-0.1, -0.05) is 6.42 Å². The van der Waals surface area contributed by atoms with E-state index >= 15 is 0 Å². The lowest BCUT2D eigenvalue weighted by Gasteiger charge is -2.09. The summed E-state index contributed by atoms with van der Waals surface area (Å²) in [7, 11) is 3.20. The van der Waals surface area contributed by atoms with Crippen molar-refractivity contribution in [1.29, 1.82) is 0 Å². The van der Waals surface area contributed by atoms with Gasteiger partial charge in [-0.3, -0.25) is 4.79 Å². The number of fused-ring (bicyclic) bond motifs is 1. The molecule has 0 saturated heterocycles. The van der Waals surface area contributed by atoms with Crippen molar-refractivity contribution in [1.82, 2.24) is 0 Å². The molecule has 4 heteroatoms. The zero-order chi connectivity index (χ0) is 13.8. The van der Waals surface area contributed by atoms with Crippen molar-refractivity contribution in [3.63, 3.8) is 0 Å².